The second kappa shape index (κ2) is 35.2. The van der Waals surface area contributed by atoms with Gasteiger partial charge >= 0.3 is 0 Å². The van der Waals surface area contributed by atoms with Crippen LogP contribution in [-0.2, 0) is 106 Å². The van der Waals surface area contributed by atoms with E-state index in [4.69, 9.17) is 99.5 Å². The van der Waals surface area contributed by atoms with Crippen molar-refractivity contribution in [2.24, 2.45) is 47.3 Å². The SMILES string of the molecule is COCC1O[C@@H](O[C@H]2C(C)C(C)[C@@H](O[C@H]3C(C)C(OC)[C@@H](O[C@H]4C(COCc5ccccc5)O[C@@H](C)C(C)[C@H]4C)O[C@@H]3COC)O[C@@H]2COC)C(OC)[C@@H](C)[C@H]1O[C@@H]1OC(CO)[C@H](O[C@H]2O[C@H](CO)[C@@H](O[C@H]3O[C@H]4COC(c5ccccc5)O[C@H]4C(O)C3O)C(O)C2O)[C@H](C)C1C. The maximum absolute atomic E-state index is 11.6. The van der Waals surface area contributed by atoms with E-state index in [0.717, 1.165) is 5.56 Å². The van der Waals surface area contributed by atoms with E-state index in [0.29, 0.717) is 18.8 Å². The summed E-state index contributed by atoms with van der Waals surface area (Å²) >= 11 is 0. The fraction of sp³-hybridized carbons (Fsp3) is 0.829. The normalized spacial score (nSPS) is 46.7. The lowest BCUT2D eigenvalue weighted by Gasteiger charge is -2.52. The summed E-state index contributed by atoms with van der Waals surface area (Å²) < 4.78 is 134. The number of rotatable bonds is 27. The largest absolute Gasteiger partial charge is 0.394 e. The quantitative estimate of drug-likeness (QED) is 0.0748. The summed E-state index contributed by atoms with van der Waals surface area (Å²) in [6.45, 7) is 18.4. The molecule has 0 aliphatic carbocycles. The third-order valence-electron chi connectivity index (χ3n) is 21.8. The van der Waals surface area contributed by atoms with Crippen molar-refractivity contribution in [3.05, 3.63) is 71.8 Å². The fourth-order valence-corrected chi connectivity index (χ4v) is 15.3. The average Bonchev–Trinajstić information content (AvgIpc) is 0.780. The van der Waals surface area contributed by atoms with Crippen LogP contribution in [0.25, 0.3) is 0 Å². The van der Waals surface area contributed by atoms with Crippen molar-refractivity contribution in [3.63, 3.8) is 0 Å². The van der Waals surface area contributed by atoms with Crippen LogP contribution in [0.5, 0.6) is 0 Å². The Morgan fingerprint density at radius 1 is 0.371 bits per heavy atom. The van der Waals surface area contributed by atoms with Gasteiger partial charge in [-0.2, -0.15) is 0 Å². The second-order valence-electron chi connectivity index (χ2n) is 27.9. The summed E-state index contributed by atoms with van der Waals surface area (Å²) in [6.07, 6.45) is -26.5. The van der Waals surface area contributed by atoms with Crippen LogP contribution in [0.3, 0.4) is 0 Å². The van der Waals surface area contributed by atoms with Crippen LogP contribution < -0.4 is 0 Å². The van der Waals surface area contributed by atoms with Gasteiger partial charge in [-0.25, -0.2) is 0 Å². The van der Waals surface area contributed by atoms with Crippen molar-refractivity contribution in [1.82, 2.24) is 0 Å². The molecule has 2 aromatic carbocycles. The smallest absolute Gasteiger partial charge is 0.187 e. The third-order valence-corrected chi connectivity index (χ3v) is 21.8. The van der Waals surface area contributed by atoms with Crippen molar-refractivity contribution < 1.29 is 130 Å². The molecule has 0 aromatic heterocycles. The Morgan fingerprint density at radius 2 is 0.773 bits per heavy atom. The zero-order valence-electron chi connectivity index (χ0n) is 58.5. The minimum atomic E-state index is -1.78. The van der Waals surface area contributed by atoms with E-state index in [2.05, 4.69) is 41.5 Å². The van der Waals surface area contributed by atoms with Gasteiger partial charge in [0.15, 0.2) is 44.0 Å². The molecule has 0 spiro atoms. The minimum Gasteiger partial charge on any atom is -0.394 e. The summed E-state index contributed by atoms with van der Waals surface area (Å²) in [5.74, 6) is -1.69. The summed E-state index contributed by atoms with van der Waals surface area (Å²) in [4.78, 5) is 0. The van der Waals surface area contributed by atoms with Crippen molar-refractivity contribution in [2.75, 3.05) is 81.8 Å². The third kappa shape index (κ3) is 17.1. The molecule has 8 aliphatic heterocycles. The highest BCUT2D eigenvalue weighted by Gasteiger charge is 2.58. The van der Waals surface area contributed by atoms with Crippen molar-refractivity contribution in [3.8, 4) is 0 Å². The second-order valence-corrected chi connectivity index (χ2v) is 27.9. The van der Waals surface area contributed by atoms with Gasteiger partial charge in [0.05, 0.1) is 89.5 Å². The molecule has 27 nitrogen and oxygen atoms in total. The van der Waals surface area contributed by atoms with Crippen LogP contribution in [-0.4, -0.2) is 278 Å². The number of benzene rings is 2. The van der Waals surface area contributed by atoms with Gasteiger partial charge < -0.3 is 130 Å². The minimum absolute atomic E-state index is 0.00807. The van der Waals surface area contributed by atoms with Gasteiger partial charge in [-0.1, -0.05) is 116 Å². The van der Waals surface area contributed by atoms with Crippen LogP contribution in [0.1, 0.15) is 79.7 Å². The van der Waals surface area contributed by atoms with Crippen molar-refractivity contribution >= 4 is 0 Å². The highest BCUT2D eigenvalue weighted by molar-refractivity contribution is 5.17. The number of ether oxygens (including phenoxy) is 21. The number of hydrogen-bond donors (Lipinski definition) is 6. The predicted molar refractivity (Wildman–Crippen MR) is 340 cm³/mol. The first-order valence-corrected chi connectivity index (χ1v) is 34.6. The highest BCUT2D eigenvalue weighted by atomic mass is 16.8. The lowest BCUT2D eigenvalue weighted by molar-refractivity contribution is -0.394. The molecule has 6 N–H and O–H groups in total. The van der Waals surface area contributed by atoms with Crippen LogP contribution in [0.4, 0.5) is 0 Å². The molecule has 27 heteroatoms. The zero-order chi connectivity index (χ0) is 69.5. The van der Waals surface area contributed by atoms with Crippen LogP contribution in [0.2, 0.25) is 0 Å². The van der Waals surface area contributed by atoms with E-state index in [1.807, 2.05) is 81.4 Å². The fourth-order valence-electron chi connectivity index (χ4n) is 15.3. The molecule has 97 heavy (non-hydrogen) atoms. The Labute approximate surface area is 570 Å². The Hall–Kier alpha value is -2.64. The van der Waals surface area contributed by atoms with Gasteiger partial charge in [0.1, 0.15) is 91.6 Å². The first kappa shape index (κ1) is 77.0. The van der Waals surface area contributed by atoms with Crippen LogP contribution in [0.15, 0.2) is 60.7 Å². The van der Waals surface area contributed by atoms with E-state index < -0.39 is 185 Å². The van der Waals surface area contributed by atoms with E-state index in [1.165, 1.54) is 0 Å². The highest BCUT2D eigenvalue weighted by Crippen LogP contribution is 2.45. The Bertz CT molecular complexity index is 2610. The summed E-state index contributed by atoms with van der Waals surface area (Å²) in [5.41, 5.74) is 1.78. The first-order valence-electron chi connectivity index (χ1n) is 34.6. The van der Waals surface area contributed by atoms with Gasteiger partial charge in [-0.05, 0) is 36.2 Å². The van der Waals surface area contributed by atoms with Gasteiger partial charge in [-0.15, -0.1) is 0 Å². The lowest BCUT2D eigenvalue weighted by atomic mass is 9.81. The topological polar surface area (TPSA) is 315 Å². The maximum atomic E-state index is 11.6. The number of methoxy groups -OCH3 is 5. The van der Waals surface area contributed by atoms with Gasteiger partial charge in [0.25, 0.3) is 0 Å². The summed E-state index contributed by atoms with van der Waals surface area (Å²) in [5, 5.41) is 67.3. The Balaban J connectivity index is 0.753. The van der Waals surface area contributed by atoms with Crippen molar-refractivity contribution in [1.29, 1.82) is 0 Å². The first-order chi connectivity index (χ1) is 46.7. The predicted octanol–water partition coefficient (Wildman–Crippen LogP) is 3.25. The van der Waals surface area contributed by atoms with Crippen LogP contribution in [0, 0.1) is 47.3 Å². The standard InChI is InChI=1S/C70H110O27/c1-33-34(2)56(49(84-41(33)9)31-82-27-42-21-17-15-18-22-42)94-69-60(80-13)40(8)59(48(89-69)30-79-12)92-65-38(6)36(4)57(46(87-65)28-77-10)95-70-61(81-14)39(7)58(47(90-70)29-78-11)91-64-37(5)35(3)55(44(25-71)85-64)93-67-53(75)51(73)62(45(26-72)86-67)97-68-54(76)52(74)63-50(88-68)32-83-66(96-63)43-23-19-16-20-24-43/h15-24,33-41,44-76H,25-32H2,1-14H3/t33?,34-,35-,36?,37?,38?,39+,40?,41+,44?,45-,46-,47?,48-,49?,50+,51?,52?,53?,54?,55-,56-,57+,58-,59+,60?,61?,62-,63-,64+,65-,66?,67-,68-,69-,70+/m1/s1. The molecule has 8 aliphatic rings. The van der Waals surface area contributed by atoms with Crippen LogP contribution >= 0.6 is 0 Å². The molecule has 0 bridgehead atoms. The molecule has 0 radical (unpaired) electrons. The Kier molecular flexibility index (Phi) is 28.0. The van der Waals surface area contributed by atoms with E-state index >= 15 is 0 Å². The molecule has 0 saturated carbocycles. The number of aliphatic hydroxyl groups is 6. The number of fused-ring (bicyclic) bond motifs is 1. The Morgan fingerprint density at radius 3 is 1.29 bits per heavy atom. The zero-order valence-corrected chi connectivity index (χ0v) is 58.5. The average molecular weight is 1380 g/mol. The van der Waals surface area contributed by atoms with Gasteiger partial charge in [-0.3, -0.25) is 0 Å². The van der Waals surface area contributed by atoms with Crippen molar-refractivity contribution in [2.45, 2.75) is 241 Å². The molecule has 8 fully saturated rings. The molecule has 8 saturated heterocycles. The van der Waals surface area contributed by atoms with E-state index in [1.54, 1.807) is 35.5 Å². The molecule has 10 rings (SSSR count). The summed E-state index contributed by atoms with van der Waals surface area (Å²) in [6, 6.07) is 19.2. The summed E-state index contributed by atoms with van der Waals surface area (Å²) in [7, 11) is 8.04. The molecule has 8 heterocycles. The van der Waals surface area contributed by atoms with E-state index in [9.17, 15) is 30.6 Å². The molecule has 36 atom stereocenters. The van der Waals surface area contributed by atoms with E-state index in [-0.39, 0.29) is 74.3 Å². The molecule has 15 unspecified atom stereocenters. The molecule has 2 aromatic rings. The molecule has 552 valence electrons. The molecular formula is C70H110O27. The molecule has 0 amide bonds. The van der Waals surface area contributed by atoms with Gasteiger partial charge in [0.2, 0.25) is 0 Å². The monoisotopic (exact) mass is 1380 g/mol. The number of hydrogen-bond acceptors (Lipinski definition) is 27. The lowest BCUT2D eigenvalue weighted by Crippen LogP contribution is -2.66. The number of aliphatic hydroxyl groups excluding tert-OH is 6. The maximum Gasteiger partial charge on any atom is 0.187 e. The molecular weight excluding hydrogens is 1270 g/mol. The van der Waals surface area contributed by atoms with Gasteiger partial charge in [0, 0.05) is 64.8 Å².